The summed E-state index contributed by atoms with van der Waals surface area (Å²) in [6.45, 7) is 0. The van der Waals surface area contributed by atoms with E-state index in [4.69, 9.17) is 21.6 Å². The normalized spacial score (nSPS) is 8.62. The second-order valence-electron chi connectivity index (χ2n) is 3.54. The number of rotatable bonds is 5. The molecule has 0 fully saturated rings. The van der Waals surface area contributed by atoms with Crippen LogP contribution in [0.5, 0.6) is 0 Å². The Kier molecular flexibility index (Phi) is 8.34. The van der Waals surface area contributed by atoms with Crippen molar-refractivity contribution >= 4 is 23.5 Å². The molecule has 0 heterocycles. The average Bonchev–Trinajstić information content (AvgIpc) is 2.46. The number of primary amides is 1. The largest absolute Gasteiger partial charge is 0.478 e. The number of amides is 2. The Bertz CT molecular complexity index is 530. The summed E-state index contributed by atoms with van der Waals surface area (Å²) in [6, 6.07) is 5.66. The average molecular weight is 295 g/mol. The Balaban J connectivity index is 0.000000400. The minimum absolute atomic E-state index is 0.0353. The van der Waals surface area contributed by atoms with Crippen LogP contribution in [0.1, 0.15) is 23.2 Å². The Morgan fingerprint density at radius 2 is 1.81 bits per heavy atom. The van der Waals surface area contributed by atoms with Crippen LogP contribution in [0.2, 0.25) is 0 Å². The first kappa shape index (κ1) is 17.9. The molecule has 21 heavy (non-hydrogen) atoms. The van der Waals surface area contributed by atoms with Crippen molar-refractivity contribution in [2.45, 2.75) is 12.8 Å². The first-order valence-electron chi connectivity index (χ1n) is 5.50. The maximum atomic E-state index is 10.4. The predicted octanol–water partition coefficient (Wildman–Crippen LogP) is 1.08. The molecule has 0 aliphatic heterocycles. The lowest BCUT2D eigenvalue weighted by Gasteiger charge is -1.92. The van der Waals surface area contributed by atoms with Gasteiger partial charge in [-0.05, 0) is 17.7 Å². The van der Waals surface area contributed by atoms with Gasteiger partial charge in [-0.2, -0.15) is 0 Å². The van der Waals surface area contributed by atoms with Gasteiger partial charge in [0.05, 0.1) is 5.56 Å². The minimum Gasteiger partial charge on any atom is -0.478 e. The van der Waals surface area contributed by atoms with Gasteiger partial charge in [0.25, 0.3) is 0 Å². The Hall–Kier alpha value is -3.10. The summed E-state index contributed by atoms with van der Waals surface area (Å²) in [7, 11) is 0. The summed E-state index contributed by atoms with van der Waals surface area (Å²) < 4.78 is 0. The highest BCUT2D eigenvalue weighted by Crippen LogP contribution is 2.12. The van der Waals surface area contributed by atoms with Gasteiger partial charge in [0, 0.05) is 23.4 Å². The molecule has 1 aromatic carbocycles. The van der Waals surface area contributed by atoms with E-state index in [9.17, 15) is 14.4 Å². The van der Waals surface area contributed by atoms with Gasteiger partial charge < -0.3 is 10.8 Å². The minimum atomic E-state index is -0.998. The molecule has 0 aliphatic carbocycles. The van der Waals surface area contributed by atoms with Crippen molar-refractivity contribution in [1.82, 2.24) is 5.48 Å². The van der Waals surface area contributed by atoms with Crippen LogP contribution in [-0.4, -0.2) is 28.1 Å². The molecule has 2 amide bonds. The number of hydroxylamine groups is 1. The molecule has 10 nitrogen and oxygen atoms in total. The summed E-state index contributed by atoms with van der Waals surface area (Å²) in [6.07, 6.45) is -0.0990. The standard InChI is InChI=1S/C7H5N3O2.C4H8N2O3/c8-10-9-6-3-1-5(2-4-6)7(11)12;5-3(7)1-2-4(8)6-9/h1-4H,(H,11,12);9H,1-2H2,(H2,5,7)(H,6,8). The number of hydrogen-bond acceptors (Lipinski definition) is 5. The molecule has 112 valence electrons. The van der Waals surface area contributed by atoms with Gasteiger partial charge in [-0.3, -0.25) is 14.8 Å². The summed E-state index contributed by atoms with van der Waals surface area (Å²) in [5.41, 5.74) is 14.7. The number of benzene rings is 1. The van der Waals surface area contributed by atoms with Gasteiger partial charge in [-0.1, -0.05) is 17.2 Å². The molecule has 0 saturated carbocycles. The second kappa shape index (κ2) is 9.78. The first-order valence-corrected chi connectivity index (χ1v) is 5.50. The third-order valence-corrected chi connectivity index (χ3v) is 2.00. The topological polar surface area (TPSA) is 178 Å². The SMILES string of the molecule is NC(=O)CCC(=O)NO.[N-]=[N+]=Nc1ccc(C(=O)O)cc1. The smallest absolute Gasteiger partial charge is 0.335 e. The molecule has 0 aliphatic rings. The number of carbonyl (C=O) groups excluding carboxylic acids is 2. The van der Waals surface area contributed by atoms with Gasteiger partial charge in [0.2, 0.25) is 11.8 Å². The molecule has 0 unspecified atom stereocenters. The molecule has 0 radical (unpaired) electrons. The molecule has 1 aromatic rings. The highest BCUT2D eigenvalue weighted by Gasteiger charge is 2.00. The maximum absolute atomic E-state index is 10.4. The van der Waals surface area contributed by atoms with Gasteiger partial charge in [-0.15, -0.1) is 0 Å². The quantitative estimate of drug-likeness (QED) is 0.208. The van der Waals surface area contributed by atoms with E-state index < -0.39 is 17.8 Å². The number of hydrogen-bond donors (Lipinski definition) is 4. The van der Waals surface area contributed by atoms with Crippen molar-refractivity contribution in [2.75, 3.05) is 0 Å². The van der Waals surface area contributed by atoms with Crippen molar-refractivity contribution in [3.8, 4) is 0 Å². The van der Waals surface area contributed by atoms with Crippen LogP contribution in [0.15, 0.2) is 29.4 Å². The van der Waals surface area contributed by atoms with Crippen LogP contribution in [0.4, 0.5) is 5.69 Å². The third-order valence-electron chi connectivity index (χ3n) is 2.00. The summed E-state index contributed by atoms with van der Waals surface area (Å²) in [5, 5.41) is 19.7. The maximum Gasteiger partial charge on any atom is 0.335 e. The fourth-order valence-electron chi connectivity index (χ4n) is 1.01. The van der Waals surface area contributed by atoms with Gasteiger partial charge >= 0.3 is 5.97 Å². The first-order chi connectivity index (χ1) is 9.90. The zero-order valence-electron chi connectivity index (χ0n) is 10.8. The van der Waals surface area contributed by atoms with E-state index in [0.29, 0.717) is 5.69 Å². The zero-order chi connectivity index (χ0) is 16.3. The summed E-state index contributed by atoms with van der Waals surface area (Å²) >= 11 is 0. The van der Waals surface area contributed by atoms with E-state index in [1.165, 1.54) is 29.7 Å². The number of aromatic carboxylic acids is 1. The Morgan fingerprint density at radius 1 is 1.24 bits per heavy atom. The van der Waals surface area contributed by atoms with Crippen LogP contribution < -0.4 is 11.2 Å². The lowest BCUT2D eigenvalue weighted by molar-refractivity contribution is -0.131. The highest BCUT2D eigenvalue weighted by atomic mass is 16.5. The number of carboxylic acid groups (broad SMARTS) is 1. The van der Waals surface area contributed by atoms with E-state index in [-0.39, 0.29) is 18.4 Å². The van der Waals surface area contributed by atoms with Crippen molar-refractivity contribution in [1.29, 1.82) is 0 Å². The van der Waals surface area contributed by atoms with E-state index in [0.717, 1.165) is 0 Å². The molecule has 5 N–H and O–H groups in total. The number of nitrogens with zero attached hydrogens (tertiary/aromatic N) is 3. The third kappa shape index (κ3) is 8.59. The van der Waals surface area contributed by atoms with Crippen LogP contribution in [0.3, 0.4) is 0 Å². The van der Waals surface area contributed by atoms with E-state index in [2.05, 4.69) is 10.0 Å². The number of carbonyl (C=O) groups is 3. The number of azide groups is 1. The molecule has 0 aromatic heterocycles. The Morgan fingerprint density at radius 3 is 2.19 bits per heavy atom. The number of nitrogens with two attached hydrogens (primary N) is 1. The molecular weight excluding hydrogens is 282 g/mol. The van der Waals surface area contributed by atoms with Gasteiger partial charge in [0.1, 0.15) is 0 Å². The van der Waals surface area contributed by atoms with E-state index in [1.54, 1.807) is 0 Å². The predicted molar refractivity (Wildman–Crippen MR) is 70.6 cm³/mol. The molecule has 1 rings (SSSR count). The molecular formula is C11H13N5O5. The molecule has 0 bridgehead atoms. The van der Waals surface area contributed by atoms with Gasteiger partial charge in [0.15, 0.2) is 0 Å². The Labute approximate surface area is 118 Å². The van der Waals surface area contributed by atoms with Crippen molar-refractivity contribution < 1.29 is 24.7 Å². The highest BCUT2D eigenvalue weighted by molar-refractivity contribution is 5.87. The summed E-state index contributed by atoms with van der Waals surface area (Å²) in [4.78, 5) is 33.1. The summed E-state index contributed by atoms with van der Waals surface area (Å²) in [5.74, 6) is -2.16. The van der Waals surface area contributed by atoms with E-state index >= 15 is 0 Å². The molecule has 10 heteroatoms. The van der Waals surface area contributed by atoms with E-state index in [1.807, 2.05) is 0 Å². The van der Waals surface area contributed by atoms with Crippen LogP contribution in [0, 0.1) is 0 Å². The fourth-order valence-corrected chi connectivity index (χ4v) is 1.01. The van der Waals surface area contributed by atoms with Crippen LogP contribution >= 0.6 is 0 Å². The molecule has 0 atom stereocenters. The number of nitrogens with one attached hydrogen (secondary N) is 1. The number of carboxylic acids is 1. The second-order valence-corrected chi connectivity index (χ2v) is 3.54. The van der Waals surface area contributed by atoms with Gasteiger partial charge in [-0.25, -0.2) is 10.3 Å². The van der Waals surface area contributed by atoms with Crippen molar-refractivity contribution in [2.24, 2.45) is 10.8 Å². The van der Waals surface area contributed by atoms with Crippen molar-refractivity contribution in [3.63, 3.8) is 0 Å². The van der Waals surface area contributed by atoms with Crippen molar-refractivity contribution in [3.05, 3.63) is 40.3 Å². The van der Waals surface area contributed by atoms with Crippen LogP contribution in [0.25, 0.3) is 10.4 Å². The monoisotopic (exact) mass is 295 g/mol. The zero-order valence-corrected chi connectivity index (χ0v) is 10.8. The molecule has 0 saturated heterocycles. The fraction of sp³-hybridized carbons (Fsp3) is 0.182. The lowest BCUT2D eigenvalue weighted by atomic mass is 10.2. The van der Waals surface area contributed by atoms with Crippen LogP contribution in [-0.2, 0) is 9.59 Å². The lowest BCUT2D eigenvalue weighted by Crippen LogP contribution is -2.21. The molecule has 0 spiro atoms.